The molecule has 2 rings (SSSR count). The highest BCUT2D eigenvalue weighted by Gasteiger charge is 2.14. The van der Waals surface area contributed by atoms with Crippen LogP contribution < -0.4 is 10.1 Å². The van der Waals surface area contributed by atoms with Crippen molar-refractivity contribution in [1.29, 1.82) is 0 Å². The van der Waals surface area contributed by atoms with Crippen LogP contribution in [0.25, 0.3) is 0 Å². The standard InChI is InChI=1S/C12H18N2O/c1-2-10-5-6-12(14-8-10)15-11-4-3-7-13-9-11/h5-6,8,11,13H,2-4,7,9H2,1H3. The second-order valence-electron chi connectivity index (χ2n) is 3.94. The van der Waals surface area contributed by atoms with Gasteiger partial charge in [-0.2, -0.15) is 0 Å². The van der Waals surface area contributed by atoms with Crippen molar-refractivity contribution in [1.82, 2.24) is 10.3 Å². The van der Waals surface area contributed by atoms with Gasteiger partial charge in [-0.15, -0.1) is 0 Å². The molecule has 0 radical (unpaired) electrons. The van der Waals surface area contributed by atoms with E-state index in [-0.39, 0.29) is 0 Å². The maximum Gasteiger partial charge on any atom is 0.213 e. The fraction of sp³-hybridized carbons (Fsp3) is 0.583. The Bertz CT molecular complexity index is 291. The summed E-state index contributed by atoms with van der Waals surface area (Å²) in [6.07, 6.45) is 5.53. The predicted octanol–water partition coefficient (Wildman–Crippen LogP) is 1.77. The first-order chi connectivity index (χ1) is 7.38. The molecule has 3 nitrogen and oxygen atoms in total. The van der Waals surface area contributed by atoms with E-state index in [1.807, 2.05) is 12.3 Å². The molecule has 0 aromatic carbocycles. The topological polar surface area (TPSA) is 34.1 Å². The van der Waals surface area contributed by atoms with Gasteiger partial charge in [0.05, 0.1) is 0 Å². The van der Waals surface area contributed by atoms with Crippen LogP contribution in [0, 0.1) is 0 Å². The van der Waals surface area contributed by atoms with Crippen molar-refractivity contribution in [2.24, 2.45) is 0 Å². The summed E-state index contributed by atoms with van der Waals surface area (Å²) < 4.78 is 5.78. The maximum absolute atomic E-state index is 5.78. The minimum atomic E-state index is 0.290. The van der Waals surface area contributed by atoms with E-state index < -0.39 is 0 Å². The van der Waals surface area contributed by atoms with Gasteiger partial charge in [-0.1, -0.05) is 13.0 Å². The summed E-state index contributed by atoms with van der Waals surface area (Å²) >= 11 is 0. The molecule has 82 valence electrons. The minimum absolute atomic E-state index is 0.290. The Morgan fingerprint density at radius 1 is 1.53 bits per heavy atom. The number of piperidine rings is 1. The van der Waals surface area contributed by atoms with Crippen LogP contribution in [-0.2, 0) is 6.42 Å². The number of nitrogens with one attached hydrogen (secondary N) is 1. The first kappa shape index (κ1) is 10.4. The van der Waals surface area contributed by atoms with Crippen LogP contribution in [0.1, 0.15) is 25.3 Å². The molecule has 1 N–H and O–H groups in total. The highest BCUT2D eigenvalue weighted by molar-refractivity contribution is 5.17. The number of ether oxygens (including phenoxy) is 1. The smallest absolute Gasteiger partial charge is 0.213 e. The third-order valence-corrected chi connectivity index (χ3v) is 2.74. The second-order valence-corrected chi connectivity index (χ2v) is 3.94. The Hall–Kier alpha value is -1.09. The van der Waals surface area contributed by atoms with E-state index in [1.54, 1.807) is 0 Å². The Kier molecular flexibility index (Phi) is 3.56. The van der Waals surface area contributed by atoms with Crippen LogP contribution in [-0.4, -0.2) is 24.2 Å². The quantitative estimate of drug-likeness (QED) is 0.818. The van der Waals surface area contributed by atoms with Crippen LogP contribution in [0.15, 0.2) is 18.3 Å². The van der Waals surface area contributed by atoms with Crippen molar-refractivity contribution in [2.45, 2.75) is 32.3 Å². The van der Waals surface area contributed by atoms with E-state index in [0.717, 1.165) is 31.8 Å². The molecular formula is C12H18N2O. The highest BCUT2D eigenvalue weighted by Crippen LogP contribution is 2.13. The molecule has 1 atom stereocenters. The summed E-state index contributed by atoms with van der Waals surface area (Å²) in [5.41, 5.74) is 1.25. The van der Waals surface area contributed by atoms with Crippen molar-refractivity contribution in [3.05, 3.63) is 23.9 Å². The monoisotopic (exact) mass is 206 g/mol. The average Bonchev–Trinajstić information content (AvgIpc) is 2.31. The second kappa shape index (κ2) is 5.12. The summed E-state index contributed by atoms with van der Waals surface area (Å²) in [6, 6.07) is 4.05. The van der Waals surface area contributed by atoms with Gasteiger partial charge in [-0.05, 0) is 31.4 Å². The molecule has 1 aromatic rings. The van der Waals surface area contributed by atoms with Gasteiger partial charge in [0.1, 0.15) is 6.10 Å². The van der Waals surface area contributed by atoms with Crippen LogP contribution in [0.3, 0.4) is 0 Å². The Morgan fingerprint density at radius 2 is 2.47 bits per heavy atom. The molecule has 0 saturated carbocycles. The van der Waals surface area contributed by atoms with Crippen molar-refractivity contribution in [3.8, 4) is 5.88 Å². The summed E-state index contributed by atoms with van der Waals surface area (Å²) in [6.45, 7) is 4.18. The zero-order valence-electron chi connectivity index (χ0n) is 9.20. The largest absolute Gasteiger partial charge is 0.473 e. The molecule has 1 unspecified atom stereocenters. The first-order valence-corrected chi connectivity index (χ1v) is 5.71. The molecule has 0 bridgehead atoms. The first-order valence-electron chi connectivity index (χ1n) is 5.71. The summed E-state index contributed by atoms with van der Waals surface area (Å²) in [4.78, 5) is 4.29. The van der Waals surface area contributed by atoms with E-state index in [9.17, 15) is 0 Å². The maximum atomic E-state index is 5.78. The third-order valence-electron chi connectivity index (χ3n) is 2.74. The summed E-state index contributed by atoms with van der Waals surface area (Å²) in [5, 5.41) is 3.32. The molecule has 1 aliphatic rings. The van der Waals surface area contributed by atoms with E-state index in [0.29, 0.717) is 6.10 Å². The van der Waals surface area contributed by atoms with Gasteiger partial charge in [-0.3, -0.25) is 0 Å². The molecule has 1 fully saturated rings. The number of nitrogens with zero attached hydrogens (tertiary/aromatic N) is 1. The van der Waals surface area contributed by atoms with Gasteiger partial charge in [0, 0.05) is 18.8 Å². The van der Waals surface area contributed by atoms with Crippen LogP contribution >= 0.6 is 0 Å². The van der Waals surface area contributed by atoms with Crippen LogP contribution in [0.2, 0.25) is 0 Å². The molecule has 1 aliphatic heterocycles. The molecule has 0 spiro atoms. The zero-order valence-corrected chi connectivity index (χ0v) is 9.20. The van der Waals surface area contributed by atoms with E-state index in [4.69, 9.17) is 4.74 Å². The van der Waals surface area contributed by atoms with E-state index in [1.165, 1.54) is 12.0 Å². The lowest BCUT2D eigenvalue weighted by atomic mass is 10.1. The number of rotatable bonds is 3. The fourth-order valence-corrected chi connectivity index (χ4v) is 1.78. The van der Waals surface area contributed by atoms with Crippen molar-refractivity contribution < 1.29 is 4.74 Å². The van der Waals surface area contributed by atoms with Crippen molar-refractivity contribution in [2.75, 3.05) is 13.1 Å². The van der Waals surface area contributed by atoms with E-state index >= 15 is 0 Å². The van der Waals surface area contributed by atoms with Gasteiger partial charge in [0.25, 0.3) is 0 Å². The molecule has 0 aliphatic carbocycles. The molecule has 2 heterocycles. The molecule has 1 saturated heterocycles. The number of aromatic nitrogens is 1. The van der Waals surface area contributed by atoms with Crippen LogP contribution in [0.4, 0.5) is 0 Å². The minimum Gasteiger partial charge on any atom is -0.473 e. The lowest BCUT2D eigenvalue weighted by molar-refractivity contribution is 0.160. The van der Waals surface area contributed by atoms with Gasteiger partial charge in [0.2, 0.25) is 5.88 Å². The van der Waals surface area contributed by atoms with Gasteiger partial charge < -0.3 is 10.1 Å². The van der Waals surface area contributed by atoms with Gasteiger partial charge in [0.15, 0.2) is 0 Å². The Morgan fingerprint density at radius 3 is 3.07 bits per heavy atom. The molecule has 1 aromatic heterocycles. The van der Waals surface area contributed by atoms with Gasteiger partial charge >= 0.3 is 0 Å². The molecule has 15 heavy (non-hydrogen) atoms. The van der Waals surface area contributed by atoms with Crippen molar-refractivity contribution in [3.63, 3.8) is 0 Å². The SMILES string of the molecule is CCc1ccc(OC2CCCNC2)nc1. The third kappa shape index (κ3) is 2.93. The summed E-state index contributed by atoms with van der Waals surface area (Å²) in [5.74, 6) is 0.751. The number of pyridine rings is 1. The summed E-state index contributed by atoms with van der Waals surface area (Å²) in [7, 11) is 0. The predicted molar refractivity (Wildman–Crippen MR) is 60.1 cm³/mol. The van der Waals surface area contributed by atoms with Crippen LogP contribution in [0.5, 0.6) is 5.88 Å². The number of hydrogen-bond donors (Lipinski definition) is 1. The zero-order chi connectivity index (χ0) is 10.5. The normalized spacial score (nSPS) is 21.3. The van der Waals surface area contributed by atoms with Crippen molar-refractivity contribution >= 4 is 0 Å². The molecule has 0 amide bonds. The number of hydrogen-bond acceptors (Lipinski definition) is 3. The highest BCUT2D eigenvalue weighted by atomic mass is 16.5. The lowest BCUT2D eigenvalue weighted by Crippen LogP contribution is -2.37. The Labute approximate surface area is 90.9 Å². The van der Waals surface area contributed by atoms with E-state index in [2.05, 4.69) is 23.3 Å². The molecule has 3 heteroatoms. The average molecular weight is 206 g/mol. The molecular weight excluding hydrogens is 188 g/mol. The number of aryl methyl sites for hydroxylation is 1. The van der Waals surface area contributed by atoms with Gasteiger partial charge in [-0.25, -0.2) is 4.98 Å². The lowest BCUT2D eigenvalue weighted by Gasteiger charge is -2.23. The Balaban J connectivity index is 1.91. The fourth-order valence-electron chi connectivity index (χ4n) is 1.78.